The molecule has 0 spiro atoms. The van der Waals surface area contributed by atoms with Crippen molar-refractivity contribution in [2.75, 3.05) is 13.2 Å². The molecular formula is C15H25NO4SSi. The second-order valence-corrected chi connectivity index (χ2v) is 13.3. The minimum atomic E-state index is -3.57. The summed E-state index contributed by atoms with van der Waals surface area (Å²) in [6, 6.07) is 5.79. The smallest absolute Gasteiger partial charge is 0.240 e. The first-order chi connectivity index (χ1) is 9.99. The van der Waals surface area contributed by atoms with Crippen molar-refractivity contribution in [3.63, 3.8) is 0 Å². The SMILES string of the molecule is CC(C)(C)[Si](C)(C)OCCNS(=O)(=O)c1ccc(C=O)cc1. The van der Waals surface area contributed by atoms with Gasteiger partial charge in [-0.3, -0.25) is 4.79 Å². The molecule has 0 heterocycles. The second kappa shape index (κ2) is 7.04. The summed E-state index contributed by atoms with van der Waals surface area (Å²) < 4.78 is 32.7. The summed E-state index contributed by atoms with van der Waals surface area (Å²) in [5.41, 5.74) is 0.445. The fraction of sp³-hybridized carbons (Fsp3) is 0.533. The predicted octanol–water partition coefficient (Wildman–Crippen LogP) is 2.80. The summed E-state index contributed by atoms with van der Waals surface area (Å²) in [7, 11) is -5.44. The molecular weight excluding hydrogens is 318 g/mol. The molecule has 0 bridgehead atoms. The first kappa shape index (κ1) is 19.0. The zero-order valence-corrected chi connectivity index (χ0v) is 15.7. The Morgan fingerprint density at radius 2 is 1.73 bits per heavy atom. The van der Waals surface area contributed by atoms with Gasteiger partial charge in [0.2, 0.25) is 10.0 Å². The molecule has 0 aliphatic carbocycles. The monoisotopic (exact) mass is 343 g/mol. The minimum Gasteiger partial charge on any atom is -0.415 e. The second-order valence-electron chi connectivity index (χ2n) is 6.69. The van der Waals surface area contributed by atoms with E-state index in [1.54, 1.807) is 0 Å². The third-order valence-electron chi connectivity index (χ3n) is 3.99. The van der Waals surface area contributed by atoms with Crippen LogP contribution in [0.4, 0.5) is 0 Å². The summed E-state index contributed by atoms with van der Waals surface area (Å²) in [6.45, 7) is 11.2. The molecule has 0 atom stereocenters. The van der Waals surface area contributed by atoms with Crippen LogP contribution < -0.4 is 4.72 Å². The van der Waals surface area contributed by atoms with E-state index in [0.717, 1.165) is 0 Å². The van der Waals surface area contributed by atoms with Crippen LogP contribution in [0, 0.1) is 0 Å². The van der Waals surface area contributed by atoms with Gasteiger partial charge in [-0.2, -0.15) is 0 Å². The van der Waals surface area contributed by atoms with Crippen molar-refractivity contribution in [2.24, 2.45) is 0 Å². The Hall–Kier alpha value is -1.02. The van der Waals surface area contributed by atoms with Gasteiger partial charge >= 0.3 is 0 Å². The van der Waals surface area contributed by atoms with Crippen molar-refractivity contribution in [3.8, 4) is 0 Å². The molecule has 7 heteroatoms. The Balaban J connectivity index is 2.58. The van der Waals surface area contributed by atoms with Crippen molar-refractivity contribution in [3.05, 3.63) is 29.8 Å². The van der Waals surface area contributed by atoms with Crippen molar-refractivity contribution >= 4 is 24.6 Å². The highest BCUT2D eigenvalue weighted by Gasteiger charge is 2.36. The summed E-state index contributed by atoms with van der Waals surface area (Å²) >= 11 is 0. The standard InChI is InChI=1S/C15H25NO4SSi/c1-15(2,3)22(4,5)20-11-10-16-21(18,19)14-8-6-13(12-17)7-9-14/h6-9,12,16H,10-11H2,1-5H3. The maximum Gasteiger partial charge on any atom is 0.240 e. The average Bonchev–Trinajstić information content (AvgIpc) is 2.42. The topological polar surface area (TPSA) is 72.5 Å². The van der Waals surface area contributed by atoms with Crippen LogP contribution in [0.15, 0.2) is 29.2 Å². The van der Waals surface area contributed by atoms with E-state index < -0.39 is 18.3 Å². The maximum atomic E-state index is 12.1. The van der Waals surface area contributed by atoms with E-state index >= 15 is 0 Å². The number of hydrogen-bond acceptors (Lipinski definition) is 4. The lowest BCUT2D eigenvalue weighted by Crippen LogP contribution is -2.42. The third-order valence-corrected chi connectivity index (χ3v) is 10.0. The number of carbonyl (C=O) groups excluding carboxylic acids is 1. The number of carbonyl (C=O) groups is 1. The molecule has 5 nitrogen and oxygen atoms in total. The molecule has 0 amide bonds. The van der Waals surface area contributed by atoms with Gasteiger partial charge in [0.05, 0.1) is 4.90 Å². The number of rotatable bonds is 7. The third kappa shape index (κ3) is 5.01. The predicted molar refractivity (Wildman–Crippen MR) is 90.2 cm³/mol. The maximum absolute atomic E-state index is 12.1. The molecule has 1 rings (SSSR count). The van der Waals surface area contributed by atoms with Gasteiger partial charge in [0.25, 0.3) is 0 Å². The van der Waals surface area contributed by atoms with E-state index in [1.165, 1.54) is 24.3 Å². The lowest BCUT2D eigenvalue weighted by atomic mass is 10.2. The van der Waals surface area contributed by atoms with E-state index in [2.05, 4.69) is 38.6 Å². The highest BCUT2D eigenvalue weighted by atomic mass is 32.2. The number of nitrogens with one attached hydrogen (secondary N) is 1. The Morgan fingerprint density at radius 1 is 1.18 bits per heavy atom. The van der Waals surface area contributed by atoms with Gasteiger partial charge in [-0.15, -0.1) is 0 Å². The van der Waals surface area contributed by atoms with Crippen LogP contribution in [-0.2, 0) is 14.4 Å². The van der Waals surface area contributed by atoms with E-state index in [0.29, 0.717) is 18.5 Å². The zero-order chi connectivity index (χ0) is 17.0. The molecule has 1 aromatic rings. The van der Waals surface area contributed by atoms with Gasteiger partial charge in [-0.25, -0.2) is 13.1 Å². The largest absolute Gasteiger partial charge is 0.415 e. The van der Waals surface area contributed by atoms with E-state index in [9.17, 15) is 13.2 Å². The van der Waals surface area contributed by atoms with Crippen LogP contribution in [-0.4, -0.2) is 36.2 Å². The molecule has 0 aromatic heterocycles. The fourth-order valence-electron chi connectivity index (χ4n) is 1.51. The van der Waals surface area contributed by atoms with Crippen LogP contribution >= 0.6 is 0 Å². The highest BCUT2D eigenvalue weighted by molar-refractivity contribution is 7.89. The van der Waals surface area contributed by atoms with Crippen LogP contribution in [0.3, 0.4) is 0 Å². The van der Waals surface area contributed by atoms with Crippen LogP contribution in [0.2, 0.25) is 18.1 Å². The van der Waals surface area contributed by atoms with E-state index in [-0.39, 0.29) is 16.5 Å². The molecule has 22 heavy (non-hydrogen) atoms. The van der Waals surface area contributed by atoms with Crippen molar-refractivity contribution in [1.29, 1.82) is 0 Å². The lowest BCUT2D eigenvalue weighted by Gasteiger charge is -2.36. The fourth-order valence-corrected chi connectivity index (χ4v) is 3.57. The minimum absolute atomic E-state index is 0.0938. The number of sulfonamides is 1. The molecule has 0 fully saturated rings. The quantitative estimate of drug-likeness (QED) is 0.469. The molecule has 1 aromatic carbocycles. The zero-order valence-electron chi connectivity index (χ0n) is 13.8. The molecule has 0 saturated heterocycles. The lowest BCUT2D eigenvalue weighted by molar-refractivity contribution is 0.112. The first-order valence-electron chi connectivity index (χ1n) is 7.18. The first-order valence-corrected chi connectivity index (χ1v) is 11.6. The molecule has 1 N–H and O–H groups in total. The number of benzene rings is 1. The van der Waals surface area contributed by atoms with Gasteiger partial charge in [0.1, 0.15) is 6.29 Å². The van der Waals surface area contributed by atoms with Crippen LogP contribution in [0.25, 0.3) is 0 Å². The van der Waals surface area contributed by atoms with E-state index in [1.807, 2.05) is 0 Å². The van der Waals surface area contributed by atoms with Gasteiger partial charge in [0.15, 0.2) is 8.32 Å². The molecule has 0 radical (unpaired) electrons. The molecule has 0 aliphatic rings. The summed E-state index contributed by atoms with van der Waals surface area (Å²) in [4.78, 5) is 10.7. The average molecular weight is 344 g/mol. The highest BCUT2D eigenvalue weighted by Crippen LogP contribution is 2.36. The molecule has 0 saturated carbocycles. The summed E-state index contributed by atoms with van der Waals surface area (Å²) in [5.74, 6) is 0. The van der Waals surface area contributed by atoms with Crippen LogP contribution in [0.1, 0.15) is 31.1 Å². The van der Waals surface area contributed by atoms with Crippen molar-refractivity contribution < 1.29 is 17.6 Å². The molecule has 0 unspecified atom stereocenters. The van der Waals surface area contributed by atoms with Gasteiger partial charge in [-0.05, 0) is 30.3 Å². The number of aldehydes is 1. The summed E-state index contributed by atoms with van der Waals surface area (Å²) in [5, 5.41) is 0.0938. The molecule has 0 aliphatic heterocycles. The van der Waals surface area contributed by atoms with Gasteiger partial charge < -0.3 is 4.43 Å². The van der Waals surface area contributed by atoms with Crippen molar-refractivity contribution in [2.45, 2.75) is 43.8 Å². The van der Waals surface area contributed by atoms with Crippen molar-refractivity contribution in [1.82, 2.24) is 4.72 Å². The Morgan fingerprint density at radius 3 is 2.18 bits per heavy atom. The normalized spacial score (nSPS) is 13.1. The van der Waals surface area contributed by atoms with Gasteiger partial charge in [0, 0.05) is 18.7 Å². The number of hydrogen-bond donors (Lipinski definition) is 1. The van der Waals surface area contributed by atoms with Crippen LogP contribution in [0.5, 0.6) is 0 Å². The Labute approximate surface area is 134 Å². The van der Waals surface area contributed by atoms with E-state index in [4.69, 9.17) is 4.43 Å². The summed E-state index contributed by atoms with van der Waals surface area (Å²) in [6.07, 6.45) is 0.677. The van der Waals surface area contributed by atoms with Gasteiger partial charge in [-0.1, -0.05) is 32.9 Å². The molecule has 124 valence electrons. The Bertz CT molecular complexity index is 603. The Kier molecular flexibility index (Phi) is 6.08.